The number of nitrogens with zero attached hydrogens (tertiary/aromatic N) is 3. The summed E-state index contributed by atoms with van der Waals surface area (Å²) in [5.74, 6) is 3.17. The van der Waals surface area contributed by atoms with Gasteiger partial charge in [0.05, 0.1) is 6.20 Å². The van der Waals surface area contributed by atoms with Gasteiger partial charge >= 0.3 is 0 Å². The van der Waals surface area contributed by atoms with E-state index in [1.807, 2.05) is 30.3 Å². The zero-order valence-corrected chi connectivity index (χ0v) is 19.6. The van der Waals surface area contributed by atoms with Crippen LogP contribution in [-0.2, 0) is 5.41 Å². The van der Waals surface area contributed by atoms with E-state index in [0.29, 0.717) is 23.2 Å². The Bertz CT molecular complexity index is 1240. The molecule has 0 unspecified atom stereocenters. The molecule has 5 rings (SSSR count). The summed E-state index contributed by atoms with van der Waals surface area (Å²) in [6.45, 7) is 6.17. The van der Waals surface area contributed by atoms with Crippen molar-refractivity contribution in [3.63, 3.8) is 0 Å². The van der Waals surface area contributed by atoms with Crippen molar-refractivity contribution < 1.29 is 13.9 Å². The van der Waals surface area contributed by atoms with Crippen LogP contribution in [0.4, 0.5) is 0 Å². The van der Waals surface area contributed by atoms with Crippen molar-refractivity contribution in [1.29, 1.82) is 0 Å². The standard InChI is InChI=1S/C27H28N4O3/c1-17-30-31-26(32-17)25-13-12-23(16-29-25)33-21-8-4-18(5-9-21)27(2,3)19-6-10-22(11-7-19)34-24-14-20(28)15-24/h4-13,16,20,24H,14-15,28H2,1-3H3. The van der Waals surface area contributed by atoms with Gasteiger partial charge in [-0.1, -0.05) is 38.1 Å². The van der Waals surface area contributed by atoms with Gasteiger partial charge in [-0.05, 0) is 60.4 Å². The van der Waals surface area contributed by atoms with E-state index in [0.717, 1.165) is 24.3 Å². The average molecular weight is 457 g/mol. The SMILES string of the molecule is Cc1nnc(-c2ccc(Oc3ccc(C(C)(C)c4ccc(OC5CC(N)C5)cc4)cc3)cn2)o1. The molecule has 1 saturated carbocycles. The summed E-state index contributed by atoms with van der Waals surface area (Å²) in [4.78, 5) is 4.35. The van der Waals surface area contributed by atoms with Crippen molar-refractivity contribution in [2.75, 3.05) is 0 Å². The molecule has 2 heterocycles. The number of nitrogens with two attached hydrogens (primary N) is 1. The number of aryl methyl sites for hydroxylation is 1. The molecule has 0 radical (unpaired) electrons. The van der Waals surface area contributed by atoms with Crippen LogP contribution in [0.1, 0.15) is 43.7 Å². The summed E-state index contributed by atoms with van der Waals surface area (Å²) in [5, 5.41) is 7.81. The van der Waals surface area contributed by atoms with E-state index in [-0.39, 0.29) is 17.6 Å². The van der Waals surface area contributed by atoms with Gasteiger partial charge in [0.2, 0.25) is 5.89 Å². The lowest BCUT2D eigenvalue weighted by molar-refractivity contribution is 0.101. The molecule has 34 heavy (non-hydrogen) atoms. The highest BCUT2D eigenvalue weighted by Crippen LogP contribution is 2.35. The van der Waals surface area contributed by atoms with Crippen molar-refractivity contribution in [2.45, 2.75) is 51.2 Å². The maximum absolute atomic E-state index is 5.99. The lowest BCUT2D eigenvalue weighted by Gasteiger charge is -2.33. The van der Waals surface area contributed by atoms with Crippen LogP contribution in [0.3, 0.4) is 0 Å². The highest BCUT2D eigenvalue weighted by atomic mass is 16.5. The molecule has 0 saturated heterocycles. The molecule has 7 heteroatoms. The third kappa shape index (κ3) is 4.65. The van der Waals surface area contributed by atoms with Crippen LogP contribution in [0.2, 0.25) is 0 Å². The molecule has 2 aromatic heterocycles. The van der Waals surface area contributed by atoms with E-state index >= 15 is 0 Å². The molecule has 0 spiro atoms. The fraction of sp³-hybridized carbons (Fsp3) is 0.296. The Labute approximate surface area is 199 Å². The first-order chi connectivity index (χ1) is 16.4. The first kappa shape index (κ1) is 22.1. The number of pyridine rings is 1. The van der Waals surface area contributed by atoms with Crippen LogP contribution in [0.15, 0.2) is 71.3 Å². The Balaban J connectivity index is 1.24. The van der Waals surface area contributed by atoms with Crippen LogP contribution in [0.5, 0.6) is 17.2 Å². The smallest absolute Gasteiger partial charge is 0.266 e. The second kappa shape index (κ2) is 8.91. The summed E-state index contributed by atoms with van der Waals surface area (Å²) in [6.07, 6.45) is 3.75. The van der Waals surface area contributed by atoms with Gasteiger partial charge in [0.25, 0.3) is 5.89 Å². The number of hydrogen-bond donors (Lipinski definition) is 1. The maximum atomic E-state index is 5.99. The molecule has 2 aromatic carbocycles. The van der Waals surface area contributed by atoms with E-state index in [1.165, 1.54) is 11.1 Å². The molecular weight excluding hydrogens is 428 g/mol. The van der Waals surface area contributed by atoms with Gasteiger partial charge in [-0.2, -0.15) is 0 Å². The molecule has 1 fully saturated rings. The van der Waals surface area contributed by atoms with Crippen molar-refractivity contribution in [1.82, 2.24) is 15.2 Å². The number of aromatic nitrogens is 3. The van der Waals surface area contributed by atoms with E-state index < -0.39 is 0 Å². The largest absolute Gasteiger partial charge is 0.490 e. The summed E-state index contributed by atoms with van der Waals surface area (Å²) in [6, 6.07) is 20.4. The number of rotatable bonds is 7. The van der Waals surface area contributed by atoms with Crippen LogP contribution >= 0.6 is 0 Å². The minimum Gasteiger partial charge on any atom is -0.490 e. The van der Waals surface area contributed by atoms with Gasteiger partial charge < -0.3 is 19.6 Å². The molecule has 1 aliphatic carbocycles. The molecule has 0 bridgehead atoms. The Morgan fingerprint density at radius 2 is 1.47 bits per heavy atom. The van der Waals surface area contributed by atoms with Gasteiger partial charge in [0.15, 0.2) is 0 Å². The average Bonchev–Trinajstić information content (AvgIpc) is 3.25. The Morgan fingerprint density at radius 3 is 2.00 bits per heavy atom. The molecule has 174 valence electrons. The van der Waals surface area contributed by atoms with E-state index in [4.69, 9.17) is 19.6 Å². The summed E-state index contributed by atoms with van der Waals surface area (Å²) in [5.41, 5.74) is 8.71. The fourth-order valence-corrected chi connectivity index (χ4v) is 4.05. The minimum absolute atomic E-state index is 0.165. The van der Waals surface area contributed by atoms with Gasteiger partial charge in [-0.25, -0.2) is 4.98 Å². The zero-order chi connectivity index (χ0) is 23.7. The van der Waals surface area contributed by atoms with Crippen LogP contribution in [0, 0.1) is 6.92 Å². The highest BCUT2D eigenvalue weighted by molar-refractivity contribution is 5.48. The minimum atomic E-state index is -0.165. The Morgan fingerprint density at radius 1 is 0.853 bits per heavy atom. The molecule has 4 aromatic rings. The quantitative estimate of drug-likeness (QED) is 0.396. The van der Waals surface area contributed by atoms with E-state index in [2.05, 4.69) is 53.3 Å². The first-order valence-corrected chi connectivity index (χ1v) is 11.4. The monoisotopic (exact) mass is 456 g/mol. The third-order valence-corrected chi connectivity index (χ3v) is 6.30. The second-order valence-corrected chi connectivity index (χ2v) is 9.25. The van der Waals surface area contributed by atoms with Crippen molar-refractivity contribution in [3.05, 3.63) is 83.9 Å². The highest BCUT2D eigenvalue weighted by Gasteiger charge is 2.28. The predicted molar refractivity (Wildman–Crippen MR) is 129 cm³/mol. The molecular formula is C27H28N4O3. The number of hydrogen-bond acceptors (Lipinski definition) is 7. The predicted octanol–water partition coefficient (Wildman–Crippen LogP) is 5.43. The van der Waals surface area contributed by atoms with Gasteiger partial charge in [0.1, 0.15) is 29.0 Å². The topological polar surface area (TPSA) is 96.3 Å². The summed E-state index contributed by atoms with van der Waals surface area (Å²) in [7, 11) is 0. The Kier molecular flexibility index (Phi) is 5.79. The van der Waals surface area contributed by atoms with Crippen LogP contribution < -0.4 is 15.2 Å². The van der Waals surface area contributed by atoms with Gasteiger partial charge in [-0.3, -0.25) is 0 Å². The normalized spacial score (nSPS) is 17.8. The lowest BCUT2D eigenvalue weighted by Crippen LogP contribution is -2.43. The lowest BCUT2D eigenvalue weighted by atomic mass is 9.78. The second-order valence-electron chi connectivity index (χ2n) is 9.25. The summed E-state index contributed by atoms with van der Waals surface area (Å²) >= 11 is 0. The molecule has 0 atom stereocenters. The van der Waals surface area contributed by atoms with E-state index in [1.54, 1.807) is 19.2 Å². The first-order valence-electron chi connectivity index (χ1n) is 11.4. The fourth-order valence-electron chi connectivity index (χ4n) is 4.05. The zero-order valence-electron chi connectivity index (χ0n) is 19.6. The summed E-state index contributed by atoms with van der Waals surface area (Å²) < 4.78 is 17.4. The maximum Gasteiger partial charge on any atom is 0.266 e. The van der Waals surface area contributed by atoms with Crippen LogP contribution in [0.25, 0.3) is 11.6 Å². The number of benzene rings is 2. The number of ether oxygens (including phenoxy) is 2. The van der Waals surface area contributed by atoms with Crippen molar-refractivity contribution in [3.8, 4) is 28.8 Å². The molecule has 7 nitrogen and oxygen atoms in total. The van der Waals surface area contributed by atoms with Gasteiger partial charge in [-0.15, -0.1) is 10.2 Å². The van der Waals surface area contributed by atoms with E-state index in [9.17, 15) is 0 Å². The molecule has 1 aliphatic rings. The van der Waals surface area contributed by atoms with Crippen molar-refractivity contribution in [2.24, 2.45) is 5.73 Å². The van der Waals surface area contributed by atoms with Gasteiger partial charge in [0, 0.05) is 18.4 Å². The molecule has 0 amide bonds. The molecule has 2 N–H and O–H groups in total. The van der Waals surface area contributed by atoms with Crippen molar-refractivity contribution >= 4 is 0 Å². The Hall–Kier alpha value is -3.71. The molecule has 0 aliphatic heterocycles. The third-order valence-electron chi connectivity index (χ3n) is 6.30. The van der Waals surface area contributed by atoms with Crippen LogP contribution in [-0.4, -0.2) is 27.3 Å².